The van der Waals surface area contributed by atoms with Gasteiger partial charge in [-0.3, -0.25) is 4.40 Å². The Morgan fingerprint density at radius 2 is 1.97 bits per heavy atom. The number of pyridine rings is 1. The molecule has 15 heteroatoms. The van der Waals surface area contributed by atoms with Crippen molar-refractivity contribution in [2.75, 3.05) is 12.3 Å². The van der Waals surface area contributed by atoms with E-state index < -0.39 is 36.7 Å². The molecule has 10 nitrogen and oxygen atoms in total. The van der Waals surface area contributed by atoms with Crippen molar-refractivity contribution in [2.45, 2.75) is 48.4 Å². The maximum atomic E-state index is 13.4. The number of nitrogens with two attached hydrogens (primary N) is 1. The average molecular weight is 582 g/mol. The Balaban J connectivity index is 1.71. The van der Waals surface area contributed by atoms with Crippen molar-refractivity contribution in [3.63, 3.8) is 0 Å². The fourth-order valence-electron chi connectivity index (χ4n) is 4.16. The van der Waals surface area contributed by atoms with Crippen LogP contribution in [0.3, 0.4) is 0 Å². The minimum absolute atomic E-state index is 0.0179. The average Bonchev–Trinajstić information content (AvgIpc) is 3.23. The predicted octanol–water partition coefficient (Wildman–Crippen LogP) is 3.96. The highest BCUT2D eigenvalue weighted by atomic mass is 32.2. The summed E-state index contributed by atoms with van der Waals surface area (Å²) in [5.74, 6) is 0.190. The first-order chi connectivity index (χ1) is 17.8. The first kappa shape index (κ1) is 26.7. The number of sulfonamides is 1. The number of alkyl halides is 2. The topological polar surface area (TPSA) is 156 Å². The van der Waals surface area contributed by atoms with E-state index in [1.54, 1.807) is 25.1 Å². The van der Waals surface area contributed by atoms with E-state index in [9.17, 15) is 21.4 Å². The van der Waals surface area contributed by atoms with Gasteiger partial charge in [0.1, 0.15) is 0 Å². The second kappa shape index (κ2) is 9.41. The predicted molar refractivity (Wildman–Crippen MR) is 140 cm³/mol. The third kappa shape index (κ3) is 4.96. The number of nitrogens with zero attached hydrogens (tertiary/aromatic N) is 4. The smallest absolute Gasteiger partial charge is 0.291 e. The molecule has 38 heavy (non-hydrogen) atoms. The number of hydrogen-bond acceptors (Lipinski definition) is 9. The Morgan fingerprint density at radius 3 is 2.58 bits per heavy atom. The standard InChI is InChI=1S/C23H25F2N7O3S3/c1-13-9-14(3-4-18(13)37(27,33)8-7-26)16-10-15(38(34,35)31-23(2)5-6-23)12-32-17(16)11-28-20(32)22-30-29-21(36-22)19(24)25/h3-4,9-12,19,27,31H,5-8,26H2,1-2H3. The van der Waals surface area contributed by atoms with Crippen LogP contribution in [-0.4, -0.2) is 50.0 Å². The Hall–Kier alpha value is -2.85. The van der Waals surface area contributed by atoms with Crippen LogP contribution in [0, 0.1) is 11.7 Å². The largest absolute Gasteiger partial charge is 0.330 e. The SMILES string of the molecule is Cc1cc(-c2cc(S(=O)(=O)NC3(C)CC3)cn3c(-c4nnc(C(F)F)s4)ncc23)ccc1S(=N)(=O)CCN. The molecule has 1 fully saturated rings. The second-order valence-corrected chi connectivity index (χ2v) is 14.4. The number of nitrogens with one attached hydrogen (secondary N) is 2. The molecule has 1 aliphatic rings. The van der Waals surface area contributed by atoms with Gasteiger partial charge in [-0.25, -0.2) is 35.9 Å². The summed E-state index contributed by atoms with van der Waals surface area (Å²) in [6.45, 7) is 3.65. The molecule has 4 aromatic rings. The van der Waals surface area contributed by atoms with Crippen molar-refractivity contribution in [3.8, 4) is 22.0 Å². The molecule has 4 N–H and O–H groups in total. The molecule has 5 rings (SSSR count). The van der Waals surface area contributed by atoms with Gasteiger partial charge in [-0.2, -0.15) is 0 Å². The van der Waals surface area contributed by atoms with Gasteiger partial charge in [0, 0.05) is 29.6 Å². The van der Waals surface area contributed by atoms with E-state index in [-0.39, 0.29) is 28.0 Å². The third-order valence-electron chi connectivity index (χ3n) is 6.37. The fourth-order valence-corrected chi connectivity index (χ4v) is 7.76. The summed E-state index contributed by atoms with van der Waals surface area (Å²) in [4.78, 5) is 4.68. The molecular formula is C23H25F2N7O3S3. The molecule has 202 valence electrons. The van der Waals surface area contributed by atoms with Crippen molar-refractivity contribution >= 4 is 36.6 Å². The maximum Gasteiger partial charge on any atom is 0.291 e. The lowest BCUT2D eigenvalue weighted by atomic mass is 10.0. The van der Waals surface area contributed by atoms with E-state index in [0.717, 1.165) is 0 Å². The number of hydrogen-bond donors (Lipinski definition) is 3. The summed E-state index contributed by atoms with van der Waals surface area (Å²) >= 11 is 0.677. The Morgan fingerprint density at radius 1 is 1.24 bits per heavy atom. The molecular weight excluding hydrogens is 556 g/mol. The van der Waals surface area contributed by atoms with Crippen LogP contribution in [0.1, 0.15) is 36.8 Å². The van der Waals surface area contributed by atoms with Gasteiger partial charge in [0.15, 0.2) is 15.8 Å². The number of fused-ring (bicyclic) bond motifs is 1. The van der Waals surface area contributed by atoms with Gasteiger partial charge in [-0.1, -0.05) is 23.5 Å². The number of rotatable bonds is 9. The Bertz CT molecular complexity index is 1760. The molecule has 1 aliphatic carbocycles. The minimum atomic E-state index is -3.95. The fraction of sp³-hybridized carbons (Fsp3) is 0.348. The number of halogens is 2. The van der Waals surface area contributed by atoms with E-state index in [1.165, 1.54) is 22.9 Å². The zero-order chi connectivity index (χ0) is 27.5. The van der Waals surface area contributed by atoms with Crippen LogP contribution in [-0.2, 0) is 19.8 Å². The lowest BCUT2D eigenvalue weighted by Gasteiger charge is -2.16. The monoisotopic (exact) mass is 581 g/mol. The van der Waals surface area contributed by atoms with Crippen molar-refractivity contribution in [3.05, 3.63) is 47.2 Å². The zero-order valence-corrected chi connectivity index (χ0v) is 22.9. The second-order valence-electron chi connectivity index (χ2n) is 9.49. The summed E-state index contributed by atoms with van der Waals surface area (Å²) < 4.78 is 78.3. The minimum Gasteiger partial charge on any atom is -0.330 e. The van der Waals surface area contributed by atoms with E-state index in [1.807, 2.05) is 6.92 Å². The molecule has 0 radical (unpaired) electrons. The van der Waals surface area contributed by atoms with Crippen LogP contribution in [0.2, 0.25) is 0 Å². The third-order valence-corrected chi connectivity index (χ3v) is 10.9. The van der Waals surface area contributed by atoms with E-state index >= 15 is 0 Å². The van der Waals surface area contributed by atoms with E-state index in [4.69, 9.17) is 10.5 Å². The van der Waals surface area contributed by atoms with Gasteiger partial charge in [-0.15, -0.1) is 10.2 Å². The quantitative estimate of drug-likeness (QED) is 0.270. The van der Waals surface area contributed by atoms with Gasteiger partial charge in [0.25, 0.3) is 6.43 Å². The highest BCUT2D eigenvalue weighted by molar-refractivity contribution is 7.92. The maximum absolute atomic E-state index is 13.4. The van der Waals surface area contributed by atoms with Crippen LogP contribution >= 0.6 is 11.3 Å². The summed E-state index contributed by atoms with van der Waals surface area (Å²) in [7, 11) is -7.04. The highest BCUT2D eigenvalue weighted by Gasteiger charge is 2.41. The highest BCUT2D eigenvalue weighted by Crippen LogP contribution is 2.38. The van der Waals surface area contributed by atoms with Crippen LogP contribution in [0.15, 0.2) is 46.5 Å². The number of aromatic nitrogens is 4. The molecule has 0 aliphatic heterocycles. The van der Waals surface area contributed by atoms with Crippen LogP contribution < -0.4 is 10.5 Å². The number of imidazole rings is 1. The van der Waals surface area contributed by atoms with Gasteiger partial charge in [0.2, 0.25) is 10.0 Å². The normalized spacial score (nSPS) is 16.7. The van der Waals surface area contributed by atoms with Crippen LogP contribution in [0.4, 0.5) is 8.78 Å². The summed E-state index contributed by atoms with van der Waals surface area (Å²) in [6, 6.07) is 6.51. The number of aryl methyl sites for hydroxylation is 1. The van der Waals surface area contributed by atoms with Gasteiger partial charge >= 0.3 is 0 Å². The molecule has 1 saturated carbocycles. The van der Waals surface area contributed by atoms with Crippen LogP contribution in [0.5, 0.6) is 0 Å². The van der Waals surface area contributed by atoms with Crippen molar-refractivity contribution in [2.24, 2.45) is 5.73 Å². The first-order valence-electron chi connectivity index (χ1n) is 11.6. The lowest BCUT2D eigenvalue weighted by molar-refractivity contribution is 0.150. The molecule has 1 unspecified atom stereocenters. The van der Waals surface area contributed by atoms with Gasteiger partial charge in [0.05, 0.1) is 31.2 Å². The molecule has 0 saturated heterocycles. The van der Waals surface area contributed by atoms with Gasteiger partial charge in [-0.05, 0) is 49.9 Å². The molecule has 0 amide bonds. The Kier molecular flexibility index (Phi) is 6.62. The Labute approximate surface area is 222 Å². The molecule has 0 spiro atoms. The van der Waals surface area contributed by atoms with E-state index in [0.29, 0.717) is 51.3 Å². The molecule has 1 atom stereocenters. The summed E-state index contributed by atoms with van der Waals surface area (Å²) in [6.07, 6.45) is 1.53. The van der Waals surface area contributed by atoms with Gasteiger partial charge < -0.3 is 5.73 Å². The van der Waals surface area contributed by atoms with Crippen molar-refractivity contribution < 1.29 is 21.4 Å². The van der Waals surface area contributed by atoms with Crippen LogP contribution in [0.25, 0.3) is 27.5 Å². The van der Waals surface area contributed by atoms with Crippen molar-refractivity contribution in [1.82, 2.24) is 24.3 Å². The molecule has 0 bridgehead atoms. The van der Waals surface area contributed by atoms with Crippen molar-refractivity contribution in [1.29, 1.82) is 4.78 Å². The molecule has 3 heterocycles. The number of benzene rings is 1. The summed E-state index contributed by atoms with van der Waals surface area (Å²) in [5, 5.41) is 7.02. The molecule has 3 aromatic heterocycles. The lowest BCUT2D eigenvalue weighted by Crippen LogP contribution is -2.34. The summed E-state index contributed by atoms with van der Waals surface area (Å²) in [5.41, 5.74) is 7.21. The first-order valence-corrected chi connectivity index (χ1v) is 15.6. The van der Waals surface area contributed by atoms with E-state index in [2.05, 4.69) is 19.9 Å². The zero-order valence-electron chi connectivity index (χ0n) is 20.4. The molecule has 1 aromatic carbocycles.